The van der Waals surface area contributed by atoms with E-state index in [1.165, 1.54) is 16.7 Å². The fraction of sp³-hybridized carbons (Fsp3) is 0.778. The summed E-state index contributed by atoms with van der Waals surface area (Å²) in [6.07, 6.45) is 13.2. The highest BCUT2D eigenvalue weighted by molar-refractivity contribution is 6.36. The Morgan fingerprint density at radius 1 is 0.581 bits per heavy atom. The predicted octanol–water partition coefficient (Wildman–Crippen LogP) is 7.43. The molecule has 3 rings (SSSR count). The zero-order valence-corrected chi connectivity index (χ0v) is 21.5. The van der Waals surface area contributed by atoms with Crippen molar-refractivity contribution >= 4 is 7.32 Å². The molecule has 0 spiro atoms. The smallest absolute Gasteiger partial charge is 0.379 e. The summed E-state index contributed by atoms with van der Waals surface area (Å²) < 4.78 is 19.6. The van der Waals surface area contributed by atoms with E-state index in [-0.39, 0.29) is 34.6 Å². The van der Waals surface area contributed by atoms with E-state index in [1.807, 2.05) is 0 Å². The third kappa shape index (κ3) is 7.61. The second-order valence-electron chi connectivity index (χ2n) is 13.0. The lowest BCUT2D eigenvalue weighted by atomic mass is 9.75. The summed E-state index contributed by atoms with van der Waals surface area (Å²) in [6, 6.07) is 0. The molecule has 0 heterocycles. The molecule has 3 unspecified atom stereocenters. The van der Waals surface area contributed by atoms with Crippen LogP contribution in [0.2, 0.25) is 0 Å². The molecular weight excluding hydrogens is 383 g/mol. The first-order valence-electron chi connectivity index (χ1n) is 12.2. The van der Waals surface area contributed by atoms with Gasteiger partial charge in [0.05, 0.1) is 18.3 Å². The second kappa shape index (κ2) is 9.19. The van der Waals surface area contributed by atoms with Gasteiger partial charge in [0.1, 0.15) is 0 Å². The minimum absolute atomic E-state index is 0.0251. The molecular formula is C27H45BO3. The lowest BCUT2D eigenvalue weighted by Gasteiger charge is -2.38. The van der Waals surface area contributed by atoms with E-state index >= 15 is 0 Å². The molecule has 4 heteroatoms. The van der Waals surface area contributed by atoms with Gasteiger partial charge in [0.15, 0.2) is 0 Å². The summed E-state index contributed by atoms with van der Waals surface area (Å²) in [7, 11) is -0.658. The first kappa shape index (κ1) is 24.8. The van der Waals surface area contributed by atoms with Crippen LogP contribution < -0.4 is 0 Å². The van der Waals surface area contributed by atoms with Crippen LogP contribution in [0.4, 0.5) is 0 Å². The van der Waals surface area contributed by atoms with E-state index in [0.29, 0.717) is 0 Å². The van der Waals surface area contributed by atoms with Crippen LogP contribution in [0, 0.1) is 16.2 Å². The molecule has 0 amide bonds. The Morgan fingerprint density at radius 2 is 0.839 bits per heavy atom. The zero-order chi connectivity index (χ0) is 23.0. The first-order valence-corrected chi connectivity index (χ1v) is 12.2. The Balaban J connectivity index is 1.78. The molecule has 0 aromatic carbocycles. The molecule has 3 atom stereocenters. The summed E-state index contributed by atoms with van der Waals surface area (Å²) in [5.41, 5.74) is 4.89. The predicted molar refractivity (Wildman–Crippen MR) is 131 cm³/mol. The Labute approximate surface area is 191 Å². The van der Waals surface area contributed by atoms with Gasteiger partial charge in [0, 0.05) is 0 Å². The minimum atomic E-state index is -0.658. The van der Waals surface area contributed by atoms with E-state index in [1.54, 1.807) is 0 Å². The van der Waals surface area contributed by atoms with Crippen molar-refractivity contribution in [2.45, 2.75) is 119 Å². The fourth-order valence-electron chi connectivity index (χ4n) is 6.21. The highest BCUT2D eigenvalue weighted by Gasteiger charge is 2.39. The monoisotopic (exact) mass is 428 g/mol. The number of hydrogen-bond acceptors (Lipinski definition) is 3. The van der Waals surface area contributed by atoms with Gasteiger partial charge in [-0.15, -0.1) is 0 Å². The summed E-state index contributed by atoms with van der Waals surface area (Å²) in [4.78, 5) is 0. The van der Waals surface area contributed by atoms with Crippen LogP contribution >= 0.6 is 0 Å². The number of allylic oxidation sites excluding steroid dienone is 3. The van der Waals surface area contributed by atoms with Crippen LogP contribution in [0.3, 0.4) is 0 Å². The summed E-state index contributed by atoms with van der Waals surface area (Å²) in [6.45, 7) is 20.6. The van der Waals surface area contributed by atoms with Gasteiger partial charge < -0.3 is 14.0 Å². The Bertz CT molecular complexity index is 644. The van der Waals surface area contributed by atoms with Crippen LogP contribution in [-0.4, -0.2) is 25.6 Å². The van der Waals surface area contributed by atoms with E-state index in [4.69, 9.17) is 14.0 Å². The van der Waals surface area contributed by atoms with Crippen LogP contribution in [0.25, 0.3) is 0 Å². The van der Waals surface area contributed by atoms with Gasteiger partial charge in [-0.1, -0.05) is 76.5 Å². The third-order valence-corrected chi connectivity index (χ3v) is 6.80. The van der Waals surface area contributed by atoms with E-state index in [0.717, 1.165) is 38.5 Å². The van der Waals surface area contributed by atoms with Crippen LogP contribution in [0.1, 0.15) is 101 Å². The van der Waals surface area contributed by atoms with Gasteiger partial charge in [-0.2, -0.15) is 0 Å². The Kier molecular flexibility index (Phi) is 7.35. The first-order chi connectivity index (χ1) is 14.2. The van der Waals surface area contributed by atoms with Crippen molar-refractivity contribution < 1.29 is 14.0 Å². The Hall–Kier alpha value is -0.835. The molecule has 0 saturated heterocycles. The summed E-state index contributed by atoms with van der Waals surface area (Å²) in [5.74, 6) is 0. The molecule has 0 saturated carbocycles. The fourth-order valence-corrected chi connectivity index (χ4v) is 6.21. The number of hydrogen-bond donors (Lipinski definition) is 0. The lowest BCUT2D eigenvalue weighted by Crippen LogP contribution is -2.42. The molecule has 0 N–H and O–H groups in total. The van der Waals surface area contributed by atoms with E-state index < -0.39 is 7.32 Å². The normalized spacial score (nSPS) is 32.0. The van der Waals surface area contributed by atoms with Gasteiger partial charge in [-0.05, 0) is 75.5 Å². The third-order valence-electron chi connectivity index (χ3n) is 6.80. The molecule has 0 radical (unpaired) electrons. The Morgan fingerprint density at radius 3 is 1.06 bits per heavy atom. The summed E-state index contributed by atoms with van der Waals surface area (Å²) in [5, 5.41) is 0. The zero-order valence-electron chi connectivity index (χ0n) is 21.5. The quantitative estimate of drug-likeness (QED) is 0.325. The second-order valence-corrected chi connectivity index (χ2v) is 13.0. The van der Waals surface area contributed by atoms with Crippen LogP contribution in [0.5, 0.6) is 0 Å². The van der Waals surface area contributed by atoms with Crippen molar-refractivity contribution in [2.75, 3.05) is 0 Å². The van der Waals surface area contributed by atoms with Gasteiger partial charge in [0.25, 0.3) is 0 Å². The molecule has 0 fully saturated rings. The molecule has 31 heavy (non-hydrogen) atoms. The van der Waals surface area contributed by atoms with Crippen molar-refractivity contribution in [1.29, 1.82) is 0 Å². The molecule has 3 nitrogen and oxygen atoms in total. The SMILES string of the molecule is CC1=CC(OB(OC2C=C(C)CC(C)(C)C2)OC2C=C(C)CC(C)(C)C2)CC(C)(C)C1. The average molecular weight is 428 g/mol. The standard InChI is InChI=1S/C27H45BO3/c1-19-10-22(16-25(4,5)13-19)29-28(30-23-11-20(2)14-26(6,7)17-23)31-24-12-21(3)15-27(8,9)18-24/h10-12,22-24H,13-18H2,1-9H3. The van der Waals surface area contributed by atoms with Crippen molar-refractivity contribution in [3.05, 3.63) is 34.9 Å². The molecule has 3 aliphatic rings. The average Bonchev–Trinajstić information content (AvgIpc) is 2.47. The van der Waals surface area contributed by atoms with E-state index in [2.05, 4.69) is 80.5 Å². The van der Waals surface area contributed by atoms with Gasteiger partial charge in [-0.3, -0.25) is 0 Å². The van der Waals surface area contributed by atoms with E-state index in [9.17, 15) is 0 Å². The van der Waals surface area contributed by atoms with Gasteiger partial charge in [-0.25, -0.2) is 0 Å². The largest absolute Gasteiger partial charge is 0.640 e. The molecule has 3 aliphatic carbocycles. The molecule has 0 aromatic heterocycles. The topological polar surface area (TPSA) is 27.7 Å². The van der Waals surface area contributed by atoms with Gasteiger partial charge >= 0.3 is 7.32 Å². The van der Waals surface area contributed by atoms with Crippen LogP contribution in [0.15, 0.2) is 34.9 Å². The van der Waals surface area contributed by atoms with Crippen molar-refractivity contribution in [1.82, 2.24) is 0 Å². The lowest BCUT2D eigenvalue weighted by molar-refractivity contribution is 0.00518. The van der Waals surface area contributed by atoms with Crippen molar-refractivity contribution in [3.63, 3.8) is 0 Å². The number of rotatable bonds is 6. The van der Waals surface area contributed by atoms with Crippen molar-refractivity contribution in [3.8, 4) is 0 Å². The highest BCUT2D eigenvalue weighted by atomic mass is 16.7. The maximum absolute atomic E-state index is 6.53. The van der Waals surface area contributed by atoms with Gasteiger partial charge in [0.2, 0.25) is 0 Å². The maximum atomic E-state index is 6.53. The van der Waals surface area contributed by atoms with Crippen molar-refractivity contribution in [2.24, 2.45) is 16.2 Å². The summed E-state index contributed by atoms with van der Waals surface area (Å²) >= 11 is 0. The molecule has 0 aliphatic heterocycles. The van der Waals surface area contributed by atoms with Crippen LogP contribution in [-0.2, 0) is 14.0 Å². The minimum Gasteiger partial charge on any atom is -0.379 e. The maximum Gasteiger partial charge on any atom is 0.640 e. The molecule has 0 bridgehead atoms. The molecule has 0 aromatic rings. The molecule has 174 valence electrons. The highest BCUT2D eigenvalue weighted by Crippen LogP contribution is 2.40.